The molecule has 5 nitrogen and oxygen atoms in total. The third-order valence-corrected chi connectivity index (χ3v) is 6.04. The first-order chi connectivity index (χ1) is 11.6. The van der Waals surface area contributed by atoms with Gasteiger partial charge >= 0.3 is 0 Å². The number of aromatic hydroxyl groups is 1. The van der Waals surface area contributed by atoms with E-state index >= 15 is 0 Å². The predicted octanol–water partition coefficient (Wildman–Crippen LogP) is 2.15. The van der Waals surface area contributed by atoms with Crippen molar-refractivity contribution in [2.75, 3.05) is 49.9 Å². The van der Waals surface area contributed by atoms with Crippen LogP contribution in [0.15, 0.2) is 24.3 Å². The minimum atomic E-state index is 0.173. The van der Waals surface area contributed by atoms with E-state index in [4.69, 9.17) is 12.2 Å². The summed E-state index contributed by atoms with van der Waals surface area (Å²) in [5.41, 5.74) is 1.09. The number of carbonyl (C=O) groups excluding carboxylic acids is 1. The van der Waals surface area contributed by atoms with Gasteiger partial charge in [-0.25, -0.2) is 0 Å². The monoisotopic (exact) mass is 365 g/mol. The van der Waals surface area contributed by atoms with Crippen molar-refractivity contribution in [2.24, 2.45) is 0 Å². The summed E-state index contributed by atoms with van der Waals surface area (Å²) in [5, 5.41) is 9.36. The molecule has 0 atom stereocenters. The molecule has 1 N–H and O–H groups in total. The van der Waals surface area contributed by atoms with Crippen molar-refractivity contribution in [3.05, 3.63) is 24.3 Å². The molecule has 2 heterocycles. The quantitative estimate of drug-likeness (QED) is 0.829. The number of hydrogen-bond acceptors (Lipinski definition) is 5. The summed E-state index contributed by atoms with van der Waals surface area (Å²) in [6.45, 7) is 5.17. The van der Waals surface area contributed by atoms with Gasteiger partial charge in [-0.15, -0.1) is 0 Å². The van der Waals surface area contributed by atoms with E-state index in [2.05, 4.69) is 9.80 Å². The summed E-state index contributed by atoms with van der Waals surface area (Å²) < 4.78 is 0.864. The average Bonchev–Trinajstić information content (AvgIpc) is 3.15. The number of amides is 1. The minimum absolute atomic E-state index is 0.173. The Morgan fingerprint density at radius 1 is 1.00 bits per heavy atom. The Kier molecular flexibility index (Phi) is 5.84. The molecule has 0 aromatic heterocycles. The van der Waals surface area contributed by atoms with Crippen molar-refractivity contribution in [2.45, 2.75) is 12.8 Å². The summed E-state index contributed by atoms with van der Waals surface area (Å²) in [6.07, 6.45) is 2.40. The number of benzene rings is 1. The van der Waals surface area contributed by atoms with Crippen LogP contribution in [0.2, 0.25) is 0 Å². The second-order valence-corrected chi connectivity index (χ2v) is 7.74. The molecule has 1 amide bonds. The molecule has 2 aliphatic heterocycles. The molecule has 24 heavy (non-hydrogen) atoms. The van der Waals surface area contributed by atoms with E-state index in [0.29, 0.717) is 5.75 Å². The molecular formula is C17H23N3O2S2. The van der Waals surface area contributed by atoms with Crippen LogP contribution in [-0.2, 0) is 4.79 Å². The number of thioether (sulfide) groups is 1. The van der Waals surface area contributed by atoms with Crippen LogP contribution in [0.25, 0.3) is 0 Å². The molecule has 3 rings (SSSR count). The maximum atomic E-state index is 12.4. The Labute approximate surface area is 152 Å². The van der Waals surface area contributed by atoms with Crippen LogP contribution >= 0.6 is 24.0 Å². The zero-order valence-corrected chi connectivity index (χ0v) is 15.3. The summed E-state index contributed by atoms with van der Waals surface area (Å²) in [6, 6.07) is 7.22. The first kappa shape index (κ1) is 17.4. The van der Waals surface area contributed by atoms with Gasteiger partial charge in [0.05, 0.1) is 5.75 Å². The lowest BCUT2D eigenvalue weighted by molar-refractivity contribution is -0.128. The van der Waals surface area contributed by atoms with Gasteiger partial charge in [0.15, 0.2) is 0 Å². The number of likely N-dealkylation sites (tertiary alicyclic amines) is 1. The second kappa shape index (κ2) is 8.07. The van der Waals surface area contributed by atoms with Gasteiger partial charge in [-0.3, -0.25) is 4.79 Å². The van der Waals surface area contributed by atoms with Gasteiger partial charge in [0.2, 0.25) is 5.91 Å². The van der Waals surface area contributed by atoms with E-state index in [1.54, 1.807) is 12.1 Å². The standard InChI is InChI=1S/C17H23N3O2S2/c21-15-5-3-14(4-6-15)18-9-11-19(12-10-18)16(22)13-24-17(23)20-7-1-2-8-20/h3-6,21H,1-2,7-13H2. The van der Waals surface area contributed by atoms with Crippen LogP contribution in [0.4, 0.5) is 5.69 Å². The van der Waals surface area contributed by atoms with Crippen LogP contribution in [0.1, 0.15) is 12.8 Å². The number of phenols is 1. The zero-order chi connectivity index (χ0) is 16.9. The molecule has 0 aliphatic carbocycles. The number of rotatable bonds is 3. The summed E-state index contributed by atoms with van der Waals surface area (Å²) >= 11 is 6.92. The second-order valence-electron chi connectivity index (χ2n) is 6.13. The van der Waals surface area contributed by atoms with E-state index in [1.807, 2.05) is 17.0 Å². The number of nitrogens with zero attached hydrogens (tertiary/aromatic N) is 3. The molecular weight excluding hydrogens is 342 g/mol. The molecule has 130 valence electrons. The Bertz CT molecular complexity index is 580. The van der Waals surface area contributed by atoms with E-state index in [-0.39, 0.29) is 11.7 Å². The number of piperazine rings is 1. The van der Waals surface area contributed by atoms with Crippen molar-refractivity contribution in [3.63, 3.8) is 0 Å². The first-order valence-electron chi connectivity index (χ1n) is 8.37. The van der Waals surface area contributed by atoms with Gasteiger partial charge in [0.1, 0.15) is 10.1 Å². The predicted molar refractivity (Wildman–Crippen MR) is 103 cm³/mol. The molecule has 0 spiro atoms. The SMILES string of the molecule is O=C(CSC(=S)N1CCCC1)N1CCN(c2ccc(O)cc2)CC1. The lowest BCUT2D eigenvalue weighted by Gasteiger charge is -2.36. The van der Waals surface area contributed by atoms with Crippen molar-refractivity contribution in [1.82, 2.24) is 9.80 Å². The highest BCUT2D eigenvalue weighted by Crippen LogP contribution is 2.21. The Morgan fingerprint density at radius 3 is 2.25 bits per heavy atom. The van der Waals surface area contributed by atoms with Gasteiger partial charge in [0.25, 0.3) is 0 Å². The van der Waals surface area contributed by atoms with E-state index < -0.39 is 0 Å². The molecule has 2 saturated heterocycles. The van der Waals surface area contributed by atoms with Crippen LogP contribution in [-0.4, -0.2) is 70.2 Å². The fourth-order valence-corrected chi connectivity index (χ4v) is 4.24. The third kappa shape index (κ3) is 4.33. The maximum Gasteiger partial charge on any atom is 0.233 e. The van der Waals surface area contributed by atoms with Crippen LogP contribution in [0, 0.1) is 0 Å². The third-order valence-electron chi connectivity index (χ3n) is 4.53. The Balaban J connectivity index is 1.43. The molecule has 7 heteroatoms. The van der Waals surface area contributed by atoms with Crippen LogP contribution < -0.4 is 4.90 Å². The summed E-state index contributed by atoms with van der Waals surface area (Å²) in [4.78, 5) is 18.8. The molecule has 1 aromatic rings. The number of anilines is 1. The smallest absolute Gasteiger partial charge is 0.233 e. The lowest BCUT2D eigenvalue weighted by atomic mass is 10.2. The van der Waals surface area contributed by atoms with Gasteiger partial charge in [0, 0.05) is 45.0 Å². The van der Waals surface area contributed by atoms with Crippen molar-refractivity contribution in [1.29, 1.82) is 0 Å². The van der Waals surface area contributed by atoms with Crippen molar-refractivity contribution >= 4 is 39.9 Å². The van der Waals surface area contributed by atoms with E-state index in [1.165, 1.54) is 24.6 Å². The average molecular weight is 366 g/mol. The number of phenolic OH excluding ortho intramolecular Hbond substituents is 1. The largest absolute Gasteiger partial charge is 0.508 e. The van der Waals surface area contributed by atoms with Crippen LogP contribution in [0.3, 0.4) is 0 Å². The van der Waals surface area contributed by atoms with Crippen LogP contribution in [0.5, 0.6) is 5.75 Å². The van der Waals surface area contributed by atoms with Gasteiger partial charge < -0.3 is 19.8 Å². The van der Waals surface area contributed by atoms with E-state index in [0.717, 1.165) is 49.3 Å². The topological polar surface area (TPSA) is 47.0 Å². The van der Waals surface area contributed by atoms with Crippen molar-refractivity contribution in [3.8, 4) is 5.75 Å². The number of hydrogen-bond donors (Lipinski definition) is 1. The summed E-state index contributed by atoms with van der Waals surface area (Å²) in [5.74, 6) is 0.889. The molecule has 0 unspecified atom stereocenters. The normalized spacial score (nSPS) is 18.1. The van der Waals surface area contributed by atoms with Gasteiger partial charge in [-0.1, -0.05) is 24.0 Å². The minimum Gasteiger partial charge on any atom is -0.508 e. The lowest BCUT2D eigenvalue weighted by Crippen LogP contribution is -2.49. The fraction of sp³-hybridized carbons (Fsp3) is 0.529. The van der Waals surface area contributed by atoms with Gasteiger partial charge in [-0.2, -0.15) is 0 Å². The molecule has 0 saturated carbocycles. The molecule has 1 aromatic carbocycles. The highest BCUT2D eigenvalue weighted by molar-refractivity contribution is 8.23. The number of carbonyl (C=O) groups is 1. The Morgan fingerprint density at radius 2 is 1.62 bits per heavy atom. The molecule has 2 aliphatic rings. The van der Waals surface area contributed by atoms with Crippen molar-refractivity contribution < 1.29 is 9.90 Å². The summed E-state index contributed by atoms with van der Waals surface area (Å²) in [7, 11) is 0. The molecule has 0 bridgehead atoms. The van der Waals surface area contributed by atoms with E-state index in [9.17, 15) is 9.90 Å². The molecule has 2 fully saturated rings. The highest BCUT2D eigenvalue weighted by atomic mass is 32.2. The number of thiocarbonyl (C=S) groups is 1. The maximum absolute atomic E-state index is 12.4. The van der Waals surface area contributed by atoms with Gasteiger partial charge in [-0.05, 0) is 37.1 Å². The highest BCUT2D eigenvalue weighted by Gasteiger charge is 2.22. The Hall–Kier alpha value is -1.47. The molecule has 0 radical (unpaired) electrons. The first-order valence-corrected chi connectivity index (χ1v) is 9.76. The fourth-order valence-electron chi connectivity index (χ4n) is 3.08. The zero-order valence-electron chi connectivity index (χ0n) is 13.7.